The highest BCUT2D eigenvalue weighted by molar-refractivity contribution is 5.76. The molecule has 118 valence electrons. The van der Waals surface area contributed by atoms with Crippen molar-refractivity contribution in [3.05, 3.63) is 24.3 Å². The van der Waals surface area contributed by atoms with Crippen LogP contribution in [0, 0.1) is 5.41 Å². The first-order valence-corrected chi connectivity index (χ1v) is 7.11. The summed E-state index contributed by atoms with van der Waals surface area (Å²) < 4.78 is 10.6. The van der Waals surface area contributed by atoms with Crippen LogP contribution in [0.2, 0.25) is 0 Å². The molecule has 1 rings (SSSR count). The summed E-state index contributed by atoms with van der Waals surface area (Å²) in [5.74, 6) is 1.44. The van der Waals surface area contributed by atoms with E-state index in [9.17, 15) is 4.79 Å². The first kappa shape index (κ1) is 17.3. The lowest BCUT2D eigenvalue weighted by atomic mass is 9.90. The van der Waals surface area contributed by atoms with Gasteiger partial charge in [-0.2, -0.15) is 0 Å². The van der Waals surface area contributed by atoms with Crippen molar-refractivity contribution in [2.45, 2.75) is 26.7 Å². The number of hydrogen-bond acceptors (Lipinski definition) is 4. The summed E-state index contributed by atoms with van der Waals surface area (Å²) in [5, 5.41) is 11.8. The summed E-state index contributed by atoms with van der Waals surface area (Å²) in [7, 11) is 1.61. The Hall–Kier alpha value is -1.75. The number of amides is 1. The average Bonchev–Trinajstić information content (AvgIpc) is 2.46. The molecule has 0 aliphatic heterocycles. The molecule has 0 saturated heterocycles. The van der Waals surface area contributed by atoms with Gasteiger partial charge in [0.2, 0.25) is 5.91 Å². The van der Waals surface area contributed by atoms with Gasteiger partial charge in [-0.1, -0.05) is 13.8 Å². The van der Waals surface area contributed by atoms with Crippen molar-refractivity contribution in [1.82, 2.24) is 5.32 Å². The number of benzene rings is 1. The van der Waals surface area contributed by atoms with E-state index in [1.54, 1.807) is 19.2 Å². The van der Waals surface area contributed by atoms with Crippen molar-refractivity contribution >= 4 is 5.91 Å². The molecule has 1 amide bonds. The summed E-state index contributed by atoms with van der Waals surface area (Å²) >= 11 is 0. The smallest absolute Gasteiger partial charge is 0.223 e. The fourth-order valence-electron chi connectivity index (χ4n) is 1.75. The Bertz CT molecular complexity index is 428. The summed E-state index contributed by atoms with van der Waals surface area (Å²) in [6, 6.07) is 7.24. The molecule has 5 heteroatoms. The van der Waals surface area contributed by atoms with Gasteiger partial charge in [-0.3, -0.25) is 4.79 Å². The van der Waals surface area contributed by atoms with Gasteiger partial charge in [0.25, 0.3) is 0 Å². The van der Waals surface area contributed by atoms with Crippen molar-refractivity contribution in [3.8, 4) is 11.5 Å². The molecule has 0 saturated carbocycles. The van der Waals surface area contributed by atoms with Gasteiger partial charge in [-0.05, 0) is 36.1 Å². The number of carbonyl (C=O) groups excluding carboxylic acids is 1. The number of carbonyl (C=O) groups is 1. The number of ether oxygens (including phenoxy) is 2. The zero-order valence-electron chi connectivity index (χ0n) is 13.0. The van der Waals surface area contributed by atoms with E-state index >= 15 is 0 Å². The molecule has 0 aromatic heterocycles. The molecule has 2 N–H and O–H groups in total. The Labute approximate surface area is 126 Å². The zero-order valence-corrected chi connectivity index (χ0v) is 13.0. The van der Waals surface area contributed by atoms with E-state index in [2.05, 4.69) is 5.32 Å². The van der Waals surface area contributed by atoms with Gasteiger partial charge in [0.05, 0.1) is 20.1 Å². The fourth-order valence-corrected chi connectivity index (χ4v) is 1.75. The van der Waals surface area contributed by atoms with Crippen LogP contribution < -0.4 is 14.8 Å². The Morgan fingerprint density at radius 1 is 1.24 bits per heavy atom. The Morgan fingerprint density at radius 2 is 1.86 bits per heavy atom. The van der Waals surface area contributed by atoms with Crippen LogP contribution in [0.3, 0.4) is 0 Å². The lowest BCUT2D eigenvalue weighted by Gasteiger charge is -2.23. The van der Waals surface area contributed by atoms with Crippen LogP contribution in [0.1, 0.15) is 26.7 Å². The molecule has 0 fully saturated rings. The predicted molar refractivity (Wildman–Crippen MR) is 81.6 cm³/mol. The average molecular weight is 295 g/mol. The van der Waals surface area contributed by atoms with Crippen LogP contribution in [0.4, 0.5) is 0 Å². The van der Waals surface area contributed by atoms with E-state index in [1.807, 2.05) is 26.0 Å². The van der Waals surface area contributed by atoms with Crippen LogP contribution in [-0.2, 0) is 4.79 Å². The van der Waals surface area contributed by atoms with Gasteiger partial charge in [0.1, 0.15) is 11.5 Å². The Kier molecular flexibility index (Phi) is 7.02. The third-order valence-electron chi connectivity index (χ3n) is 3.21. The van der Waals surface area contributed by atoms with Gasteiger partial charge in [0.15, 0.2) is 0 Å². The molecule has 0 aliphatic carbocycles. The number of nitrogens with one attached hydrogen (secondary N) is 1. The molecule has 0 radical (unpaired) electrons. The van der Waals surface area contributed by atoms with E-state index in [0.29, 0.717) is 31.7 Å². The zero-order chi connectivity index (χ0) is 15.7. The van der Waals surface area contributed by atoms with Crippen molar-refractivity contribution < 1.29 is 19.4 Å². The van der Waals surface area contributed by atoms with E-state index in [4.69, 9.17) is 14.6 Å². The second kappa shape index (κ2) is 8.52. The highest BCUT2D eigenvalue weighted by Crippen LogP contribution is 2.18. The van der Waals surface area contributed by atoms with E-state index < -0.39 is 0 Å². The second-order valence-corrected chi connectivity index (χ2v) is 5.69. The van der Waals surface area contributed by atoms with Crippen molar-refractivity contribution in [2.24, 2.45) is 5.41 Å². The summed E-state index contributed by atoms with van der Waals surface area (Å²) in [6.45, 7) is 5.03. The molecule has 21 heavy (non-hydrogen) atoms. The number of methoxy groups -OCH3 is 1. The van der Waals surface area contributed by atoms with Crippen molar-refractivity contribution in [1.29, 1.82) is 0 Å². The van der Waals surface area contributed by atoms with Gasteiger partial charge in [0, 0.05) is 13.2 Å². The van der Waals surface area contributed by atoms with Crippen LogP contribution in [-0.4, -0.2) is 37.9 Å². The van der Waals surface area contributed by atoms with Crippen molar-refractivity contribution in [3.63, 3.8) is 0 Å². The quantitative estimate of drug-likeness (QED) is 0.731. The lowest BCUT2D eigenvalue weighted by molar-refractivity contribution is -0.122. The molecule has 0 unspecified atom stereocenters. The minimum Gasteiger partial charge on any atom is -0.497 e. The number of rotatable bonds is 9. The van der Waals surface area contributed by atoms with E-state index in [1.165, 1.54) is 0 Å². The maximum Gasteiger partial charge on any atom is 0.223 e. The fraction of sp³-hybridized carbons (Fsp3) is 0.562. The molecule has 0 aliphatic rings. The highest BCUT2D eigenvalue weighted by Gasteiger charge is 2.17. The minimum absolute atomic E-state index is 0.0467. The molecular formula is C16H25NO4. The van der Waals surface area contributed by atoms with Gasteiger partial charge in [-0.25, -0.2) is 0 Å². The molecule has 0 atom stereocenters. The SMILES string of the molecule is COc1ccc(OCCC(=O)NCC(C)(C)CCO)cc1. The minimum atomic E-state index is -0.0960. The largest absolute Gasteiger partial charge is 0.497 e. The maximum absolute atomic E-state index is 11.7. The molecule has 0 bridgehead atoms. The van der Waals surface area contributed by atoms with Crippen LogP contribution in [0.5, 0.6) is 11.5 Å². The normalized spacial score (nSPS) is 11.0. The number of hydrogen-bond donors (Lipinski definition) is 2. The summed E-state index contributed by atoms with van der Waals surface area (Å²) in [6.07, 6.45) is 0.969. The predicted octanol–water partition coefficient (Wildman–Crippen LogP) is 1.99. The third kappa shape index (κ3) is 6.99. The second-order valence-electron chi connectivity index (χ2n) is 5.69. The third-order valence-corrected chi connectivity index (χ3v) is 3.21. The highest BCUT2D eigenvalue weighted by atomic mass is 16.5. The first-order chi connectivity index (χ1) is 9.96. The molecule has 5 nitrogen and oxygen atoms in total. The number of aliphatic hydroxyl groups excluding tert-OH is 1. The first-order valence-electron chi connectivity index (χ1n) is 7.11. The lowest BCUT2D eigenvalue weighted by Crippen LogP contribution is -2.35. The summed E-state index contributed by atoms with van der Waals surface area (Å²) in [4.78, 5) is 11.7. The number of aliphatic hydroxyl groups is 1. The van der Waals surface area contributed by atoms with Gasteiger partial charge >= 0.3 is 0 Å². The van der Waals surface area contributed by atoms with E-state index in [0.717, 1.165) is 5.75 Å². The van der Waals surface area contributed by atoms with Gasteiger partial charge in [-0.15, -0.1) is 0 Å². The van der Waals surface area contributed by atoms with Crippen LogP contribution in [0.15, 0.2) is 24.3 Å². The van der Waals surface area contributed by atoms with Gasteiger partial charge < -0.3 is 19.9 Å². The molecule has 1 aromatic carbocycles. The Morgan fingerprint density at radius 3 is 2.43 bits per heavy atom. The van der Waals surface area contributed by atoms with Crippen molar-refractivity contribution in [2.75, 3.05) is 26.9 Å². The van der Waals surface area contributed by atoms with E-state index in [-0.39, 0.29) is 17.9 Å². The van der Waals surface area contributed by atoms with Crippen LogP contribution in [0.25, 0.3) is 0 Å². The topological polar surface area (TPSA) is 67.8 Å². The monoisotopic (exact) mass is 295 g/mol. The molecular weight excluding hydrogens is 270 g/mol. The standard InChI is InChI=1S/C16H25NO4/c1-16(2,9-10-18)12-17-15(19)8-11-21-14-6-4-13(20-3)5-7-14/h4-7,18H,8-12H2,1-3H3,(H,17,19). The molecule has 0 heterocycles. The summed E-state index contributed by atoms with van der Waals surface area (Å²) in [5.41, 5.74) is -0.0960. The molecule has 1 aromatic rings. The van der Waals surface area contributed by atoms with Crippen LogP contribution >= 0.6 is 0 Å². The Balaban J connectivity index is 2.23. The maximum atomic E-state index is 11.7. The molecule has 0 spiro atoms.